The van der Waals surface area contributed by atoms with E-state index in [9.17, 15) is 9.59 Å². The first-order chi connectivity index (χ1) is 8.52. The molecule has 2 amide bonds. The summed E-state index contributed by atoms with van der Waals surface area (Å²) in [5, 5.41) is 3.02. The number of halogens is 1. The van der Waals surface area contributed by atoms with E-state index in [1.54, 1.807) is 18.2 Å². The minimum atomic E-state index is -0.255. The lowest BCUT2D eigenvalue weighted by molar-refractivity contribution is -0.117. The Hall–Kier alpha value is -1.59. The summed E-state index contributed by atoms with van der Waals surface area (Å²) in [6.45, 7) is 0.406. The van der Waals surface area contributed by atoms with Crippen LogP contribution in [0.3, 0.4) is 0 Å². The smallest absolute Gasteiger partial charge is 0.253 e. The molecule has 0 saturated carbocycles. The molecule has 1 saturated heterocycles. The van der Waals surface area contributed by atoms with Gasteiger partial charge in [0.25, 0.3) is 5.91 Å². The molecule has 1 unspecified atom stereocenters. The Bertz CT molecular complexity index is 504. The molecule has 3 N–H and O–H groups in total. The van der Waals surface area contributed by atoms with E-state index in [1.165, 1.54) is 11.9 Å². The van der Waals surface area contributed by atoms with E-state index < -0.39 is 0 Å². The lowest BCUT2D eigenvalue weighted by atomic mass is 10.1. The topological polar surface area (TPSA) is 75.4 Å². The molecular formula is C12H14ClN3O2. The van der Waals surface area contributed by atoms with E-state index in [0.29, 0.717) is 29.2 Å². The predicted octanol–water partition coefficient (Wildman–Crippen LogP) is 0.764. The number of hydrogen-bond donors (Lipinski definition) is 2. The van der Waals surface area contributed by atoms with Crippen molar-refractivity contribution in [3.63, 3.8) is 0 Å². The summed E-state index contributed by atoms with van der Waals surface area (Å²) in [4.78, 5) is 25.1. The van der Waals surface area contributed by atoms with Gasteiger partial charge in [0.05, 0.1) is 11.3 Å². The molecule has 1 heterocycles. The quantitative estimate of drug-likeness (QED) is 0.831. The summed E-state index contributed by atoms with van der Waals surface area (Å²) in [7, 11) is 1.54. The maximum atomic E-state index is 11.8. The van der Waals surface area contributed by atoms with Gasteiger partial charge in [-0.05, 0) is 18.2 Å². The molecule has 0 radical (unpaired) electrons. The summed E-state index contributed by atoms with van der Waals surface area (Å²) < 4.78 is 0. The Morgan fingerprint density at radius 3 is 2.83 bits per heavy atom. The first-order valence-corrected chi connectivity index (χ1v) is 5.98. The second-order valence-electron chi connectivity index (χ2n) is 4.21. The molecule has 1 aliphatic rings. The number of carbonyl (C=O) groups excluding carboxylic acids is 2. The summed E-state index contributed by atoms with van der Waals surface area (Å²) >= 11 is 5.93. The number of amides is 2. The highest BCUT2D eigenvalue weighted by Gasteiger charge is 2.30. The van der Waals surface area contributed by atoms with Gasteiger partial charge in [-0.3, -0.25) is 9.59 Å². The number of nitrogens with zero attached hydrogens (tertiary/aromatic N) is 1. The Labute approximate surface area is 110 Å². The van der Waals surface area contributed by atoms with Gasteiger partial charge in [0.2, 0.25) is 5.91 Å². The van der Waals surface area contributed by atoms with Crippen molar-refractivity contribution in [1.82, 2.24) is 5.32 Å². The fraction of sp³-hybridized carbons (Fsp3) is 0.333. The monoisotopic (exact) mass is 267 g/mol. The van der Waals surface area contributed by atoms with Crippen LogP contribution in [0.15, 0.2) is 18.2 Å². The van der Waals surface area contributed by atoms with Gasteiger partial charge in [0.15, 0.2) is 0 Å². The van der Waals surface area contributed by atoms with Crippen LogP contribution in [0.25, 0.3) is 0 Å². The van der Waals surface area contributed by atoms with E-state index in [4.69, 9.17) is 17.3 Å². The third-order valence-corrected chi connectivity index (χ3v) is 3.11. The van der Waals surface area contributed by atoms with Crippen LogP contribution >= 0.6 is 11.6 Å². The number of nitrogens with one attached hydrogen (secondary N) is 1. The van der Waals surface area contributed by atoms with E-state index in [-0.39, 0.29) is 17.9 Å². The molecule has 1 aliphatic heterocycles. The Morgan fingerprint density at radius 1 is 1.56 bits per heavy atom. The second-order valence-corrected chi connectivity index (χ2v) is 4.65. The largest absolute Gasteiger partial charge is 0.355 e. The van der Waals surface area contributed by atoms with Crippen molar-refractivity contribution in [3.05, 3.63) is 28.8 Å². The van der Waals surface area contributed by atoms with E-state index in [1.807, 2.05) is 0 Å². The molecule has 0 spiro atoms. The molecule has 1 aromatic carbocycles. The first-order valence-electron chi connectivity index (χ1n) is 5.60. The van der Waals surface area contributed by atoms with Crippen LogP contribution in [0, 0.1) is 0 Å². The molecular weight excluding hydrogens is 254 g/mol. The number of benzene rings is 1. The fourth-order valence-electron chi connectivity index (χ4n) is 2.02. The van der Waals surface area contributed by atoms with Gasteiger partial charge in [0.1, 0.15) is 0 Å². The lowest BCUT2D eigenvalue weighted by Gasteiger charge is -2.19. The van der Waals surface area contributed by atoms with Crippen LogP contribution < -0.4 is 16.0 Å². The number of nitrogens with two attached hydrogens (primary N) is 1. The average molecular weight is 268 g/mol. The van der Waals surface area contributed by atoms with Gasteiger partial charge in [-0.25, -0.2) is 0 Å². The van der Waals surface area contributed by atoms with Crippen LogP contribution in [0.1, 0.15) is 16.8 Å². The molecule has 96 valence electrons. The molecule has 0 aliphatic carbocycles. The summed E-state index contributed by atoms with van der Waals surface area (Å²) in [6, 6.07) is 4.64. The molecule has 6 heteroatoms. The van der Waals surface area contributed by atoms with Crippen molar-refractivity contribution in [2.24, 2.45) is 5.73 Å². The van der Waals surface area contributed by atoms with Crippen LogP contribution in [0.5, 0.6) is 0 Å². The normalized spacial score (nSPS) is 19.2. The van der Waals surface area contributed by atoms with E-state index >= 15 is 0 Å². The summed E-state index contributed by atoms with van der Waals surface area (Å²) in [5.74, 6) is -0.343. The summed E-state index contributed by atoms with van der Waals surface area (Å²) in [5.41, 5.74) is 6.69. The number of anilines is 1. The zero-order chi connectivity index (χ0) is 13.3. The Balaban J connectivity index is 2.45. The third-order valence-electron chi connectivity index (χ3n) is 2.88. The van der Waals surface area contributed by atoms with Gasteiger partial charge in [-0.15, -0.1) is 0 Å². The minimum absolute atomic E-state index is 0.0880. The number of carbonyl (C=O) groups is 2. The van der Waals surface area contributed by atoms with Crippen molar-refractivity contribution >= 4 is 29.1 Å². The maximum absolute atomic E-state index is 11.8. The van der Waals surface area contributed by atoms with Crippen molar-refractivity contribution in [1.29, 1.82) is 0 Å². The molecule has 0 bridgehead atoms. The molecule has 1 aromatic rings. The zero-order valence-electron chi connectivity index (χ0n) is 9.94. The van der Waals surface area contributed by atoms with Crippen molar-refractivity contribution < 1.29 is 9.59 Å². The van der Waals surface area contributed by atoms with Gasteiger partial charge < -0.3 is 16.0 Å². The lowest BCUT2D eigenvalue weighted by Crippen LogP contribution is -2.30. The fourth-order valence-corrected chi connectivity index (χ4v) is 2.19. The maximum Gasteiger partial charge on any atom is 0.253 e. The highest BCUT2D eigenvalue weighted by atomic mass is 35.5. The first kappa shape index (κ1) is 12.9. The molecule has 0 aromatic heterocycles. The molecule has 18 heavy (non-hydrogen) atoms. The van der Waals surface area contributed by atoms with Gasteiger partial charge in [0, 0.05) is 31.1 Å². The van der Waals surface area contributed by atoms with E-state index in [2.05, 4.69) is 5.32 Å². The van der Waals surface area contributed by atoms with Crippen LogP contribution in [0.4, 0.5) is 5.69 Å². The zero-order valence-corrected chi connectivity index (χ0v) is 10.7. The number of rotatable bonds is 2. The highest BCUT2D eigenvalue weighted by Crippen LogP contribution is 2.28. The molecule has 1 atom stereocenters. The van der Waals surface area contributed by atoms with Crippen LogP contribution in [0.2, 0.25) is 5.02 Å². The Kier molecular flexibility index (Phi) is 3.54. The highest BCUT2D eigenvalue weighted by molar-refractivity contribution is 6.31. The van der Waals surface area contributed by atoms with Gasteiger partial charge >= 0.3 is 0 Å². The Morgan fingerprint density at radius 2 is 2.28 bits per heavy atom. The molecule has 5 nitrogen and oxygen atoms in total. The summed E-state index contributed by atoms with van der Waals surface area (Å²) in [6.07, 6.45) is 0.291. The van der Waals surface area contributed by atoms with Crippen molar-refractivity contribution in [3.8, 4) is 0 Å². The van der Waals surface area contributed by atoms with Gasteiger partial charge in [-0.2, -0.15) is 0 Å². The van der Waals surface area contributed by atoms with Crippen molar-refractivity contribution in [2.75, 3.05) is 18.5 Å². The SMILES string of the molecule is CNC(=O)c1ccc(Cl)cc1N1CC(N)CC1=O. The van der Waals surface area contributed by atoms with E-state index in [0.717, 1.165) is 0 Å². The number of hydrogen-bond acceptors (Lipinski definition) is 3. The van der Waals surface area contributed by atoms with Gasteiger partial charge in [-0.1, -0.05) is 11.6 Å². The predicted molar refractivity (Wildman–Crippen MR) is 69.8 cm³/mol. The molecule has 2 rings (SSSR count). The third kappa shape index (κ3) is 2.32. The average Bonchev–Trinajstić information content (AvgIpc) is 2.67. The molecule has 1 fully saturated rings. The van der Waals surface area contributed by atoms with Crippen LogP contribution in [-0.4, -0.2) is 31.4 Å². The standard InChI is InChI=1S/C12H14ClN3O2/c1-15-12(18)9-3-2-7(13)4-10(9)16-6-8(14)5-11(16)17/h2-4,8H,5-6,14H2,1H3,(H,15,18). The second kappa shape index (κ2) is 4.96. The van der Waals surface area contributed by atoms with Crippen LogP contribution in [-0.2, 0) is 4.79 Å². The minimum Gasteiger partial charge on any atom is -0.355 e. The van der Waals surface area contributed by atoms with Crippen molar-refractivity contribution in [2.45, 2.75) is 12.5 Å².